The molecule has 0 aliphatic heterocycles. The molecule has 0 saturated carbocycles. The van der Waals surface area contributed by atoms with Crippen LogP contribution in [0, 0.1) is 6.92 Å². The summed E-state index contributed by atoms with van der Waals surface area (Å²) in [6, 6.07) is 8.50. The molecule has 0 amide bonds. The third-order valence-corrected chi connectivity index (χ3v) is 2.45. The van der Waals surface area contributed by atoms with Gasteiger partial charge in [-0.3, -0.25) is 0 Å². The summed E-state index contributed by atoms with van der Waals surface area (Å²) in [5.41, 5.74) is 8.75. The lowest BCUT2D eigenvalue weighted by Crippen LogP contribution is -1.99. The largest absolute Gasteiger partial charge is 0.396 e. The lowest BCUT2D eigenvalue weighted by molar-refractivity contribution is 0.858. The van der Waals surface area contributed by atoms with Gasteiger partial charge in [0.25, 0.3) is 0 Å². The maximum absolute atomic E-state index is 5.53. The van der Waals surface area contributed by atoms with Crippen molar-refractivity contribution in [2.75, 3.05) is 5.73 Å². The maximum Gasteiger partial charge on any atom is 0.128 e. The van der Waals surface area contributed by atoms with Crippen LogP contribution >= 0.6 is 0 Å². The van der Waals surface area contributed by atoms with Crippen LogP contribution in [0.4, 0.5) is 5.69 Å². The second-order valence-electron chi connectivity index (χ2n) is 3.92. The Hall–Kier alpha value is -1.90. The number of aryl methyl sites for hydroxylation is 3. The van der Waals surface area contributed by atoms with Crippen LogP contribution in [-0.2, 0) is 12.8 Å². The van der Waals surface area contributed by atoms with Gasteiger partial charge in [-0.2, -0.15) is 0 Å². The average molecular weight is 213 g/mol. The van der Waals surface area contributed by atoms with Crippen molar-refractivity contribution in [3.63, 3.8) is 0 Å². The second-order valence-corrected chi connectivity index (χ2v) is 3.92. The summed E-state index contributed by atoms with van der Waals surface area (Å²) in [6.45, 7) is 2.10. The molecule has 82 valence electrons. The van der Waals surface area contributed by atoms with E-state index < -0.39 is 0 Å². The summed E-state index contributed by atoms with van der Waals surface area (Å²) >= 11 is 0. The SMILES string of the molecule is Cc1cccc(CCc2ncc(N)cn2)c1. The molecule has 2 aromatic rings. The molecule has 2 N–H and O–H groups in total. The van der Waals surface area contributed by atoms with Crippen LogP contribution in [-0.4, -0.2) is 9.97 Å². The Bertz CT molecular complexity index is 463. The van der Waals surface area contributed by atoms with Crippen LogP contribution in [0.15, 0.2) is 36.7 Å². The minimum absolute atomic E-state index is 0.610. The minimum Gasteiger partial charge on any atom is -0.396 e. The van der Waals surface area contributed by atoms with Crippen molar-refractivity contribution in [3.05, 3.63) is 53.6 Å². The van der Waals surface area contributed by atoms with Gasteiger partial charge in [0.05, 0.1) is 18.1 Å². The average Bonchev–Trinajstić information content (AvgIpc) is 2.28. The van der Waals surface area contributed by atoms with E-state index in [0.717, 1.165) is 18.7 Å². The van der Waals surface area contributed by atoms with Gasteiger partial charge in [-0.05, 0) is 18.9 Å². The molecular weight excluding hydrogens is 198 g/mol. The highest BCUT2D eigenvalue weighted by Crippen LogP contribution is 2.07. The smallest absolute Gasteiger partial charge is 0.128 e. The van der Waals surface area contributed by atoms with E-state index in [2.05, 4.69) is 41.2 Å². The summed E-state index contributed by atoms with van der Waals surface area (Å²) in [5, 5.41) is 0. The fourth-order valence-electron chi connectivity index (χ4n) is 1.62. The third kappa shape index (κ3) is 2.79. The highest BCUT2D eigenvalue weighted by atomic mass is 14.9. The first-order valence-electron chi connectivity index (χ1n) is 5.36. The van der Waals surface area contributed by atoms with E-state index in [1.165, 1.54) is 11.1 Å². The molecule has 0 radical (unpaired) electrons. The zero-order valence-corrected chi connectivity index (χ0v) is 9.35. The number of benzene rings is 1. The van der Waals surface area contributed by atoms with E-state index in [4.69, 9.17) is 5.73 Å². The van der Waals surface area contributed by atoms with Crippen LogP contribution in [0.25, 0.3) is 0 Å². The molecule has 0 unspecified atom stereocenters. The Morgan fingerprint density at radius 1 is 1.12 bits per heavy atom. The summed E-state index contributed by atoms with van der Waals surface area (Å²) < 4.78 is 0. The Morgan fingerprint density at radius 2 is 1.88 bits per heavy atom. The fourth-order valence-corrected chi connectivity index (χ4v) is 1.62. The van der Waals surface area contributed by atoms with Crippen molar-refractivity contribution in [2.24, 2.45) is 0 Å². The predicted octanol–water partition coefficient (Wildman–Crippen LogP) is 2.15. The quantitative estimate of drug-likeness (QED) is 0.850. The number of hydrogen-bond acceptors (Lipinski definition) is 3. The fraction of sp³-hybridized carbons (Fsp3) is 0.231. The van der Waals surface area contributed by atoms with Crippen molar-refractivity contribution >= 4 is 5.69 Å². The first kappa shape index (κ1) is 10.6. The Morgan fingerprint density at radius 3 is 2.56 bits per heavy atom. The van der Waals surface area contributed by atoms with Gasteiger partial charge in [0.2, 0.25) is 0 Å². The number of aromatic nitrogens is 2. The molecule has 0 saturated heterocycles. The molecule has 0 atom stereocenters. The number of nitrogens with two attached hydrogens (primary N) is 1. The highest BCUT2D eigenvalue weighted by molar-refractivity contribution is 5.30. The molecule has 1 heterocycles. The maximum atomic E-state index is 5.53. The van der Waals surface area contributed by atoms with E-state index >= 15 is 0 Å². The Kier molecular flexibility index (Phi) is 3.15. The molecule has 0 aliphatic carbocycles. The second kappa shape index (κ2) is 4.75. The number of nitrogens with zero attached hydrogens (tertiary/aromatic N) is 2. The van der Waals surface area contributed by atoms with Gasteiger partial charge < -0.3 is 5.73 Å². The van der Waals surface area contributed by atoms with Gasteiger partial charge in [-0.1, -0.05) is 29.8 Å². The van der Waals surface area contributed by atoms with Crippen molar-refractivity contribution in [1.82, 2.24) is 9.97 Å². The molecule has 3 heteroatoms. The van der Waals surface area contributed by atoms with E-state index in [-0.39, 0.29) is 0 Å². The topological polar surface area (TPSA) is 51.8 Å². The summed E-state index contributed by atoms with van der Waals surface area (Å²) in [4.78, 5) is 8.36. The molecule has 3 nitrogen and oxygen atoms in total. The monoisotopic (exact) mass is 213 g/mol. The van der Waals surface area contributed by atoms with E-state index in [9.17, 15) is 0 Å². The van der Waals surface area contributed by atoms with E-state index in [1.54, 1.807) is 12.4 Å². The van der Waals surface area contributed by atoms with Crippen LogP contribution in [0.1, 0.15) is 17.0 Å². The van der Waals surface area contributed by atoms with Gasteiger partial charge in [0, 0.05) is 6.42 Å². The standard InChI is InChI=1S/C13H15N3/c1-10-3-2-4-11(7-10)5-6-13-15-8-12(14)9-16-13/h2-4,7-9H,5-6,14H2,1H3. The molecule has 0 bridgehead atoms. The van der Waals surface area contributed by atoms with Crippen LogP contribution in [0.2, 0.25) is 0 Å². The van der Waals surface area contributed by atoms with E-state index in [0.29, 0.717) is 5.69 Å². The van der Waals surface area contributed by atoms with Crippen molar-refractivity contribution in [3.8, 4) is 0 Å². The molecule has 16 heavy (non-hydrogen) atoms. The highest BCUT2D eigenvalue weighted by Gasteiger charge is 1.98. The van der Waals surface area contributed by atoms with E-state index in [1.807, 2.05) is 0 Å². The Balaban J connectivity index is 1.99. The van der Waals surface area contributed by atoms with Gasteiger partial charge in [0.15, 0.2) is 0 Å². The number of anilines is 1. The molecule has 0 spiro atoms. The zero-order valence-electron chi connectivity index (χ0n) is 9.35. The third-order valence-electron chi connectivity index (χ3n) is 2.45. The molecule has 1 aromatic carbocycles. The number of rotatable bonds is 3. The molecule has 1 aromatic heterocycles. The minimum atomic E-state index is 0.610. The normalized spacial score (nSPS) is 10.3. The van der Waals surface area contributed by atoms with Gasteiger partial charge in [-0.15, -0.1) is 0 Å². The molecular formula is C13H15N3. The first-order valence-corrected chi connectivity index (χ1v) is 5.36. The van der Waals surface area contributed by atoms with Gasteiger partial charge in [0.1, 0.15) is 5.82 Å². The first-order chi connectivity index (χ1) is 7.74. The van der Waals surface area contributed by atoms with Crippen molar-refractivity contribution < 1.29 is 0 Å². The lowest BCUT2D eigenvalue weighted by Gasteiger charge is -2.02. The summed E-state index contributed by atoms with van der Waals surface area (Å²) in [7, 11) is 0. The summed E-state index contributed by atoms with van der Waals surface area (Å²) in [6.07, 6.45) is 5.12. The predicted molar refractivity (Wildman–Crippen MR) is 65.0 cm³/mol. The Labute approximate surface area is 95.4 Å². The van der Waals surface area contributed by atoms with Crippen LogP contribution in [0.3, 0.4) is 0 Å². The molecule has 2 rings (SSSR count). The molecule has 0 aliphatic rings. The lowest BCUT2D eigenvalue weighted by atomic mass is 10.1. The molecule has 0 fully saturated rings. The van der Waals surface area contributed by atoms with Crippen LogP contribution in [0.5, 0.6) is 0 Å². The summed E-state index contributed by atoms with van der Waals surface area (Å²) in [5.74, 6) is 0.843. The van der Waals surface area contributed by atoms with Crippen molar-refractivity contribution in [2.45, 2.75) is 19.8 Å². The van der Waals surface area contributed by atoms with Gasteiger partial charge >= 0.3 is 0 Å². The van der Waals surface area contributed by atoms with Crippen LogP contribution < -0.4 is 5.73 Å². The number of hydrogen-bond donors (Lipinski definition) is 1. The van der Waals surface area contributed by atoms with Crippen molar-refractivity contribution in [1.29, 1.82) is 0 Å². The van der Waals surface area contributed by atoms with Gasteiger partial charge in [-0.25, -0.2) is 9.97 Å². The number of nitrogen functional groups attached to an aromatic ring is 1. The zero-order chi connectivity index (χ0) is 11.4.